The van der Waals surface area contributed by atoms with Gasteiger partial charge in [0.25, 0.3) is 5.65 Å². The molecule has 12 heteroatoms. The van der Waals surface area contributed by atoms with Crippen LogP contribution in [0.3, 0.4) is 0 Å². The van der Waals surface area contributed by atoms with E-state index in [-0.39, 0.29) is 41.2 Å². The van der Waals surface area contributed by atoms with Gasteiger partial charge in [0.15, 0.2) is 5.69 Å². The maximum Gasteiger partial charge on any atom is 4.00 e. The summed E-state index contributed by atoms with van der Waals surface area (Å²) in [7, 11) is 0. The van der Waals surface area contributed by atoms with E-state index < -0.39 is 0 Å². The van der Waals surface area contributed by atoms with E-state index in [0.29, 0.717) is 47.0 Å². The number of aromatic nitrogens is 8. The number of imidazole rings is 3. The minimum absolute atomic E-state index is 0. The molecule has 627 valence electrons. The van der Waals surface area contributed by atoms with Crippen LogP contribution >= 0.6 is 0 Å². The molecule has 0 N–H and O–H groups in total. The van der Waals surface area contributed by atoms with Crippen molar-refractivity contribution in [2.24, 2.45) is 0 Å². The van der Waals surface area contributed by atoms with Crippen LogP contribution in [0, 0.1) is 50.2 Å². The van der Waals surface area contributed by atoms with Crippen LogP contribution in [-0.4, -0.2) is 32.6 Å². The summed E-state index contributed by atoms with van der Waals surface area (Å²) in [6.45, 7) is 32.6. The van der Waals surface area contributed by atoms with Gasteiger partial charge in [-0.25, -0.2) is 4.57 Å². The summed E-state index contributed by atoms with van der Waals surface area (Å²) in [5, 5.41) is 11.0. The largest absolute Gasteiger partial charge is 4.00 e. The van der Waals surface area contributed by atoms with Crippen LogP contribution in [0.2, 0.25) is 0 Å². The summed E-state index contributed by atoms with van der Waals surface area (Å²) in [6.07, 6.45) is 10.3. The first-order chi connectivity index (χ1) is 60.4. The molecule has 1 radical (unpaired) electrons. The Morgan fingerprint density at radius 1 is 0.397 bits per heavy atom. The number of pyridine rings is 1. The van der Waals surface area contributed by atoms with E-state index in [9.17, 15) is 0 Å². The summed E-state index contributed by atoms with van der Waals surface area (Å²) in [5.41, 5.74) is 30.0. The van der Waals surface area contributed by atoms with Gasteiger partial charge in [0, 0.05) is 100 Å². The van der Waals surface area contributed by atoms with Gasteiger partial charge in [0.2, 0.25) is 0 Å². The predicted molar refractivity (Wildman–Crippen MR) is 511 cm³/mol. The monoisotopic (exact) mass is 2000 g/mol. The molecule has 1 aliphatic heterocycles. The molecule has 0 aliphatic carbocycles. The maximum atomic E-state index is 6.42. The molecule has 14 aromatic carbocycles. The van der Waals surface area contributed by atoms with Crippen molar-refractivity contribution in [3.05, 3.63) is 384 Å². The number of hydrogen-bond donors (Lipinski definition) is 0. The number of furan rings is 1. The average molecular weight is 2000 g/mol. The Morgan fingerprint density at radius 3 is 1.37 bits per heavy atom. The number of aryl methyl sites for hydroxylation is 2. The van der Waals surface area contributed by atoms with Crippen molar-refractivity contribution in [3.8, 4) is 68.3 Å². The van der Waals surface area contributed by atoms with Gasteiger partial charge in [-0.1, -0.05) is 215 Å². The predicted octanol–water partition coefficient (Wildman–Crippen LogP) is 29.4. The van der Waals surface area contributed by atoms with Gasteiger partial charge >= 0.3 is 21.1 Å². The van der Waals surface area contributed by atoms with Crippen molar-refractivity contribution in [2.75, 3.05) is 0 Å². The first kappa shape index (κ1) is 85.4. The summed E-state index contributed by atoms with van der Waals surface area (Å²) >= 11 is 0. The number of fused-ring (bicyclic) bond motifs is 12. The fourth-order valence-corrected chi connectivity index (χ4v) is 18.6. The fourth-order valence-electron chi connectivity index (χ4n) is 18.6. The van der Waals surface area contributed by atoms with Gasteiger partial charge in [-0.15, -0.1) is 119 Å². The Balaban J connectivity index is 0.000000120. The quantitative estimate of drug-likeness (QED) is 0.0582. The third-order valence-corrected chi connectivity index (χ3v) is 24.6. The second kappa shape index (κ2) is 35.7. The standard InChI is InChI=1S/C36H20N2O.C30H31N2.C27H25N2O.C21H23N2.Ir.Pt/c1-3-11-25(12-4-1)37-33-17-9-7-15-29(33)31-21-19-27(23-35(31)37)39-28-20-22-32-30-16-8-10-18-34(30)38(36(32)24-28)26-13-5-2-6-14-26;1-17(2)22-10-8-11-23(18(3)4)29(22)27-16-31-15-21-9-7-12-24-25-13-19(5)20(6)14-26(25)32(27)30(31)28(21)24;1-17(2)21-16-22(18(3)4)26-24(20-12-8-9-13-23(20)30-26)25(21)29-15-14-28-27(29)19-10-6-5-7-11-19;1-15(2)18-11-8-12-19(16(3)4)20(18)23-14-13-22-21(23)17-9-6-5-7-10-17;;/h1-11,13,15-22H;7-14,16-18H,15H2,1-6H3;5-10,12-18H,1-4H3;5-9,11-16H,1-4H3;;/q-4;+1;2*-1;;+4. The van der Waals surface area contributed by atoms with E-state index in [1.54, 1.807) is 0 Å². The average Bonchev–Trinajstić information content (AvgIpc) is 1.52. The van der Waals surface area contributed by atoms with Crippen LogP contribution in [0.4, 0.5) is 0 Å². The normalized spacial score (nSPS) is 11.8. The van der Waals surface area contributed by atoms with Gasteiger partial charge in [-0.3, -0.25) is 9.97 Å². The van der Waals surface area contributed by atoms with E-state index in [4.69, 9.17) is 14.1 Å². The van der Waals surface area contributed by atoms with Gasteiger partial charge in [-0.2, -0.15) is 65.1 Å². The van der Waals surface area contributed by atoms with Gasteiger partial charge in [0.05, 0.1) is 28.1 Å². The molecule has 21 aromatic rings. The number of rotatable bonds is 15. The molecule has 0 amide bonds. The molecule has 0 fully saturated rings. The van der Waals surface area contributed by atoms with E-state index in [1.165, 1.54) is 105 Å². The van der Waals surface area contributed by atoms with Gasteiger partial charge in [-0.05, 0) is 141 Å². The molecule has 8 heterocycles. The Morgan fingerprint density at radius 2 is 0.857 bits per heavy atom. The second-order valence-electron chi connectivity index (χ2n) is 34.6. The molecular formula is C114H99IrN8O2Pt-. The first-order valence-electron chi connectivity index (χ1n) is 43.5. The van der Waals surface area contributed by atoms with E-state index in [2.05, 4.69) is 354 Å². The molecule has 0 saturated carbocycles. The number of hydrogen-bond acceptors (Lipinski definition) is 4. The Bertz CT molecular complexity index is 7380. The number of nitrogens with zero attached hydrogens (tertiary/aromatic N) is 8. The van der Waals surface area contributed by atoms with Crippen LogP contribution in [0.15, 0.2) is 302 Å². The van der Waals surface area contributed by atoms with E-state index >= 15 is 0 Å². The SMILES string of the molecule is CC(C)c1cc(C(C)C)c2oc3ccccc3c2c1-n1ccnc1-c1[c-]cccc1.CC(C)c1cccc(C(C)C)c1-n1ccnc1-c1[c-]cccc1.Cc1cc2c3cccc4c3c3n(c(-c5c(C(C)C)cccc5C(C)C)c[n+]3C4)c2cc1C.[Ir].[Pt+4].[c-]1ccccc1-n1c2[c-]c(Oc3[c-]c4c(cc3)c3ccccc3n4-c3[c-]cccc3)ccc2c2ccccc21. The van der Waals surface area contributed by atoms with E-state index in [1.807, 2.05) is 110 Å². The molecule has 0 unspecified atom stereocenters. The number of ether oxygens (including phenoxy) is 1. The Hall–Kier alpha value is -12.8. The summed E-state index contributed by atoms with van der Waals surface area (Å²) in [6, 6.07) is 113. The topological polar surface area (TPSA) is 76.2 Å². The smallest absolute Gasteiger partial charge is 0.509 e. The molecular weight excluding hydrogens is 1900 g/mol. The number of para-hydroxylation sites is 6. The maximum absolute atomic E-state index is 6.42. The zero-order chi connectivity index (χ0) is 85.3. The van der Waals surface area contributed by atoms with E-state index in [0.717, 1.165) is 101 Å². The summed E-state index contributed by atoms with van der Waals surface area (Å²) in [5.74, 6) is 5.67. The van der Waals surface area contributed by atoms with Crippen molar-refractivity contribution in [1.82, 2.24) is 32.6 Å². The summed E-state index contributed by atoms with van der Waals surface area (Å²) < 4.78 is 26.7. The zero-order valence-corrected chi connectivity index (χ0v) is 78.2. The van der Waals surface area contributed by atoms with Crippen molar-refractivity contribution < 1.29 is 54.9 Å². The minimum atomic E-state index is 0. The zero-order valence-electron chi connectivity index (χ0n) is 73.5. The van der Waals surface area contributed by atoms with Crippen LogP contribution in [-0.2, 0) is 47.7 Å². The molecule has 0 atom stereocenters. The minimum Gasteiger partial charge on any atom is -0.509 e. The van der Waals surface area contributed by atoms with Crippen molar-refractivity contribution >= 4 is 92.9 Å². The molecule has 1 aliphatic rings. The number of benzene rings is 14. The first-order valence-corrected chi connectivity index (χ1v) is 43.5. The van der Waals surface area contributed by atoms with Crippen molar-refractivity contribution in [3.63, 3.8) is 0 Å². The fraction of sp³-hybridized carbons (Fsp3) is 0.184. The van der Waals surface area contributed by atoms with Gasteiger partial charge < -0.3 is 27.4 Å². The Kier molecular flexibility index (Phi) is 24.2. The van der Waals surface area contributed by atoms with Crippen molar-refractivity contribution in [2.45, 2.75) is 139 Å². The Labute approximate surface area is 766 Å². The molecule has 10 nitrogen and oxygen atoms in total. The third kappa shape index (κ3) is 15.4. The second-order valence-corrected chi connectivity index (χ2v) is 34.6. The van der Waals surface area contributed by atoms with Crippen LogP contribution < -0.4 is 9.30 Å². The molecule has 7 aromatic heterocycles. The molecule has 0 bridgehead atoms. The molecule has 0 saturated heterocycles. The molecule has 126 heavy (non-hydrogen) atoms. The van der Waals surface area contributed by atoms with Crippen LogP contribution in [0.25, 0.3) is 150 Å². The van der Waals surface area contributed by atoms with Crippen molar-refractivity contribution in [1.29, 1.82) is 0 Å². The molecule has 0 spiro atoms. The van der Waals surface area contributed by atoms with Crippen LogP contribution in [0.1, 0.15) is 169 Å². The summed E-state index contributed by atoms with van der Waals surface area (Å²) in [4.78, 5) is 9.29. The molecule has 22 rings (SSSR count). The third-order valence-electron chi connectivity index (χ3n) is 24.6. The van der Waals surface area contributed by atoms with Gasteiger partial charge in [0.1, 0.15) is 29.4 Å². The van der Waals surface area contributed by atoms with Crippen LogP contribution in [0.5, 0.6) is 11.5 Å².